The monoisotopic (exact) mass is 405 g/mol. The fraction of sp³-hybridized carbons (Fsp3) is 0.136. The lowest BCUT2D eigenvalue weighted by molar-refractivity contribution is 0.541. The number of halogens is 2. The number of fused-ring (bicyclic) bond motifs is 2. The van der Waals surface area contributed by atoms with Gasteiger partial charge in [0, 0.05) is 11.8 Å². The number of anilines is 1. The molecule has 2 N–H and O–H groups in total. The van der Waals surface area contributed by atoms with Gasteiger partial charge in [-0.1, -0.05) is 12.1 Å². The number of nitrogens with one attached hydrogen (secondary N) is 2. The number of nitrogens with zero attached hydrogens (tertiary/aromatic N) is 3. The van der Waals surface area contributed by atoms with Crippen molar-refractivity contribution >= 4 is 16.6 Å². The third-order valence-electron chi connectivity index (χ3n) is 5.37. The van der Waals surface area contributed by atoms with E-state index in [-0.39, 0.29) is 23.7 Å². The molecular formula is C22H17F2N5O. The number of pyridine rings is 1. The summed E-state index contributed by atoms with van der Waals surface area (Å²) in [7, 11) is 0. The van der Waals surface area contributed by atoms with E-state index in [2.05, 4.69) is 20.8 Å². The molecule has 4 aromatic rings. The van der Waals surface area contributed by atoms with Crippen LogP contribution in [0.25, 0.3) is 22.0 Å². The largest absolute Gasteiger partial charge is 0.321 e. The van der Waals surface area contributed by atoms with Crippen molar-refractivity contribution in [2.24, 2.45) is 0 Å². The summed E-state index contributed by atoms with van der Waals surface area (Å²) >= 11 is 0. The number of hydrogen-bond donors (Lipinski definition) is 2. The van der Waals surface area contributed by atoms with Gasteiger partial charge in [-0.15, -0.1) is 0 Å². The summed E-state index contributed by atoms with van der Waals surface area (Å²) in [5.74, 6) is -1.43. The first-order valence-electron chi connectivity index (χ1n) is 9.44. The molecule has 0 saturated carbocycles. The van der Waals surface area contributed by atoms with Gasteiger partial charge in [-0.05, 0) is 47.9 Å². The Bertz CT molecular complexity index is 1330. The van der Waals surface area contributed by atoms with Crippen LogP contribution in [-0.4, -0.2) is 14.5 Å². The lowest BCUT2D eigenvalue weighted by Gasteiger charge is -2.11. The van der Waals surface area contributed by atoms with Gasteiger partial charge in [0.1, 0.15) is 11.6 Å². The molecule has 3 heterocycles. The van der Waals surface area contributed by atoms with E-state index < -0.39 is 11.6 Å². The van der Waals surface area contributed by atoms with Gasteiger partial charge in [-0.25, -0.2) is 19.2 Å². The molecule has 0 aliphatic carbocycles. The van der Waals surface area contributed by atoms with Crippen LogP contribution in [-0.2, 0) is 6.54 Å². The highest BCUT2D eigenvalue weighted by molar-refractivity contribution is 5.76. The van der Waals surface area contributed by atoms with Crippen LogP contribution in [0, 0.1) is 11.6 Å². The van der Waals surface area contributed by atoms with Gasteiger partial charge < -0.3 is 5.43 Å². The second kappa shape index (κ2) is 7.00. The molecule has 0 saturated heterocycles. The number of aromatic nitrogens is 3. The molecule has 2 aromatic heterocycles. The van der Waals surface area contributed by atoms with E-state index in [4.69, 9.17) is 0 Å². The summed E-state index contributed by atoms with van der Waals surface area (Å²) < 4.78 is 30.9. The first-order valence-corrected chi connectivity index (χ1v) is 9.44. The fourth-order valence-electron chi connectivity index (χ4n) is 3.70. The van der Waals surface area contributed by atoms with E-state index >= 15 is 0 Å². The van der Waals surface area contributed by atoms with Crippen molar-refractivity contribution in [3.8, 4) is 11.1 Å². The first-order chi connectivity index (χ1) is 14.5. The molecule has 1 unspecified atom stereocenters. The van der Waals surface area contributed by atoms with Crippen molar-refractivity contribution in [3.63, 3.8) is 0 Å². The Hall–Kier alpha value is -3.65. The molecular weight excluding hydrogens is 388 g/mol. The highest BCUT2D eigenvalue weighted by Gasteiger charge is 2.19. The van der Waals surface area contributed by atoms with Crippen molar-refractivity contribution in [3.05, 3.63) is 88.2 Å². The maximum atomic E-state index is 14.9. The summed E-state index contributed by atoms with van der Waals surface area (Å²) in [6.45, 7) is 1.77. The van der Waals surface area contributed by atoms with Crippen molar-refractivity contribution in [2.45, 2.75) is 19.5 Å². The smallest absolute Gasteiger partial charge is 0.261 e. The Labute approximate surface area is 170 Å². The maximum Gasteiger partial charge on any atom is 0.261 e. The standard InChI is InChI=1S/C22H17F2N5O/c1-12-15-3-2-13(8-20(15)28-27-12)14-6-18(23)17(19(24)7-14)10-29-11-26-21-9-25-5-4-16(21)22(29)30/h2-9,11-12,27-28H,10H2,1H3. The van der Waals surface area contributed by atoms with E-state index in [9.17, 15) is 13.6 Å². The molecule has 2 aromatic carbocycles. The molecule has 1 atom stereocenters. The molecule has 0 amide bonds. The van der Waals surface area contributed by atoms with Crippen LogP contribution in [0.2, 0.25) is 0 Å². The zero-order valence-electron chi connectivity index (χ0n) is 16.0. The lowest BCUT2D eigenvalue weighted by Crippen LogP contribution is -2.22. The van der Waals surface area contributed by atoms with Crippen molar-refractivity contribution in [2.75, 3.05) is 5.43 Å². The van der Waals surface area contributed by atoms with Crippen LogP contribution in [0.4, 0.5) is 14.5 Å². The molecule has 150 valence electrons. The minimum atomic E-state index is -0.716. The van der Waals surface area contributed by atoms with Gasteiger partial charge in [-0.3, -0.25) is 14.3 Å². The summed E-state index contributed by atoms with van der Waals surface area (Å²) in [6, 6.07) is 9.89. The summed E-state index contributed by atoms with van der Waals surface area (Å²) in [5.41, 5.74) is 9.13. The van der Waals surface area contributed by atoms with Crippen molar-refractivity contribution in [1.82, 2.24) is 20.0 Å². The zero-order chi connectivity index (χ0) is 20.8. The second-order valence-electron chi connectivity index (χ2n) is 7.28. The van der Waals surface area contributed by atoms with E-state index in [1.54, 1.807) is 0 Å². The molecule has 8 heteroatoms. The van der Waals surface area contributed by atoms with Crippen molar-refractivity contribution in [1.29, 1.82) is 0 Å². The van der Waals surface area contributed by atoms with Crippen LogP contribution in [0.3, 0.4) is 0 Å². The third kappa shape index (κ3) is 3.02. The predicted molar refractivity (Wildman–Crippen MR) is 110 cm³/mol. The molecule has 30 heavy (non-hydrogen) atoms. The van der Waals surface area contributed by atoms with Gasteiger partial charge in [0.2, 0.25) is 0 Å². The quantitative estimate of drug-likeness (QED) is 0.543. The average molecular weight is 405 g/mol. The van der Waals surface area contributed by atoms with Crippen LogP contribution in [0.15, 0.2) is 59.9 Å². The molecule has 0 radical (unpaired) electrons. The Morgan fingerprint density at radius 2 is 1.90 bits per heavy atom. The SMILES string of the molecule is CC1NNc2cc(-c3cc(F)c(Cn4cnc5cnccc5c4=O)c(F)c3)ccc21. The average Bonchev–Trinajstić information content (AvgIpc) is 3.12. The minimum Gasteiger partial charge on any atom is -0.321 e. The maximum absolute atomic E-state index is 14.9. The van der Waals surface area contributed by atoms with E-state index in [0.29, 0.717) is 22.0 Å². The van der Waals surface area contributed by atoms with Gasteiger partial charge in [0.25, 0.3) is 5.56 Å². The molecule has 0 bridgehead atoms. The van der Waals surface area contributed by atoms with E-state index in [0.717, 1.165) is 11.3 Å². The highest BCUT2D eigenvalue weighted by atomic mass is 19.1. The summed E-state index contributed by atoms with van der Waals surface area (Å²) in [5, 5.41) is 0.346. The van der Waals surface area contributed by atoms with Crippen LogP contribution in [0.1, 0.15) is 24.1 Å². The van der Waals surface area contributed by atoms with Crippen LogP contribution < -0.4 is 16.4 Å². The summed E-state index contributed by atoms with van der Waals surface area (Å²) in [6.07, 6.45) is 4.23. The molecule has 0 spiro atoms. The number of hydrazine groups is 1. The minimum absolute atomic E-state index is 0.162. The molecule has 1 aliphatic rings. The Morgan fingerprint density at radius 1 is 1.10 bits per heavy atom. The fourth-order valence-corrected chi connectivity index (χ4v) is 3.70. The first kappa shape index (κ1) is 18.4. The van der Waals surface area contributed by atoms with Gasteiger partial charge in [-0.2, -0.15) is 0 Å². The summed E-state index contributed by atoms with van der Waals surface area (Å²) in [4.78, 5) is 20.7. The molecule has 0 fully saturated rings. The van der Waals surface area contributed by atoms with E-state index in [1.165, 1.54) is 41.5 Å². The lowest BCUT2D eigenvalue weighted by atomic mass is 9.99. The number of benzene rings is 2. The normalized spacial score (nSPS) is 15.2. The van der Waals surface area contributed by atoms with Crippen LogP contribution >= 0.6 is 0 Å². The predicted octanol–water partition coefficient (Wildman–Crippen LogP) is 3.78. The second-order valence-corrected chi connectivity index (χ2v) is 7.28. The van der Waals surface area contributed by atoms with Gasteiger partial charge in [0.05, 0.1) is 41.7 Å². The Morgan fingerprint density at radius 3 is 2.70 bits per heavy atom. The molecule has 1 aliphatic heterocycles. The topological polar surface area (TPSA) is 71.8 Å². The number of rotatable bonds is 3. The molecule has 6 nitrogen and oxygen atoms in total. The third-order valence-corrected chi connectivity index (χ3v) is 5.37. The zero-order valence-corrected chi connectivity index (χ0v) is 16.0. The molecule has 5 rings (SSSR count). The Balaban J connectivity index is 1.51. The Kier molecular flexibility index (Phi) is 4.29. The number of hydrogen-bond acceptors (Lipinski definition) is 5. The van der Waals surface area contributed by atoms with Crippen molar-refractivity contribution < 1.29 is 8.78 Å². The van der Waals surface area contributed by atoms with Crippen LogP contribution in [0.5, 0.6) is 0 Å². The van der Waals surface area contributed by atoms with Gasteiger partial charge in [0.15, 0.2) is 0 Å². The van der Waals surface area contributed by atoms with E-state index in [1.807, 2.05) is 25.1 Å². The van der Waals surface area contributed by atoms with Gasteiger partial charge >= 0.3 is 0 Å². The highest BCUT2D eigenvalue weighted by Crippen LogP contribution is 2.33.